The topological polar surface area (TPSA) is 70.6 Å². The molecule has 8 heteroatoms. The minimum Gasteiger partial charge on any atom is -0.279 e. The van der Waals surface area contributed by atoms with E-state index in [-0.39, 0.29) is 16.8 Å². The van der Waals surface area contributed by atoms with Crippen molar-refractivity contribution in [1.82, 2.24) is 9.29 Å². The number of carbonyl (C=O) groups excluding carboxylic acids is 1. The third-order valence-corrected chi connectivity index (χ3v) is 9.53. The average Bonchev–Trinajstić information content (AvgIpc) is 3.64. The van der Waals surface area contributed by atoms with Crippen LogP contribution in [0.5, 0.6) is 0 Å². The lowest BCUT2D eigenvalue weighted by Gasteiger charge is -2.21. The van der Waals surface area contributed by atoms with E-state index in [0.717, 1.165) is 34.2 Å². The van der Waals surface area contributed by atoms with Gasteiger partial charge in [0.15, 0.2) is 5.13 Å². The second-order valence-corrected chi connectivity index (χ2v) is 12.5. The number of sulfonamides is 1. The fourth-order valence-corrected chi connectivity index (χ4v) is 6.67. The van der Waals surface area contributed by atoms with E-state index in [2.05, 4.69) is 19.9 Å². The highest BCUT2D eigenvalue weighted by Crippen LogP contribution is 2.35. The van der Waals surface area contributed by atoms with E-state index in [1.165, 1.54) is 27.8 Å². The van der Waals surface area contributed by atoms with E-state index in [0.29, 0.717) is 23.2 Å². The number of amides is 1. The molecule has 0 unspecified atom stereocenters. The third-order valence-electron chi connectivity index (χ3n) is 6.56. The highest BCUT2D eigenvalue weighted by Gasteiger charge is 2.35. The molecule has 0 N–H and O–H groups in total. The Morgan fingerprint density at radius 2 is 1.69 bits per heavy atom. The highest BCUT2D eigenvalue weighted by atomic mass is 32.2. The van der Waals surface area contributed by atoms with Crippen LogP contribution in [0.3, 0.4) is 0 Å². The predicted octanol–water partition coefficient (Wildman–Crippen LogP) is 6.05. The molecule has 1 fully saturated rings. The van der Waals surface area contributed by atoms with Crippen LogP contribution in [0, 0.1) is 0 Å². The Bertz CT molecular complexity index is 1490. The van der Waals surface area contributed by atoms with Gasteiger partial charge in [0.1, 0.15) is 0 Å². The van der Waals surface area contributed by atoms with Crippen molar-refractivity contribution < 1.29 is 13.2 Å². The number of aromatic nitrogens is 1. The number of nitrogens with zero attached hydrogens (tertiary/aromatic N) is 3. The Morgan fingerprint density at radius 1 is 1.00 bits per heavy atom. The van der Waals surface area contributed by atoms with Crippen LogP contribution in [-0.4, -0.2) is 36.7 Å². The van der Waals surface area contributed by atoms with Gasteiger partial charge in [-0.1, -0.05) is 67.6 Å². The first-order valence-electron chi connectivity index (χ1n) is 12.1. The smallest absolute Gasteiger partial charge is 0.260 e. The molecule has 0 spiro atoms. The first kappa shape index (κ1) is 24.6. The Morgan fingerprint density at radius 3 is 2.33 bits per heavy atom. The fraction of sp³-hybridized carbons (Fsp3) is 0.286. The molecule has 186 valence electrons. The maximum atomic E-state index is 13.8. The number of thiazole rings is 1. The number of benzene rings is 3. The zero-order chi connectivity index (χ0) is 25.4. The zero-order valence-electron chi connectivity index (χ0n) is 20.6. The van der Waals surface area contributed by atoms with Gasteiger partial charge in [-0.2, -0.15) is 4.31 Å². The number of hydrogen-bond donors (Lipinski definition) is 0. The number of fused-ring (bicyclic) bond motifs is 1. The second-order valence-electron chi connectivity index (χ2n) is 9.50. The SMILES string of the molecule is CC(C)c1cccc2sc(N(Cc3ccccc3)C(=O)c3ccc(S(=O)(=O)N(C)C4CC4)cc3)nc12. The molecule has 0 atom stereocenters. The second kappa shape index (κ2) is 9.76. The summed E-state index contributed by atoms with van der Waals surface area (Å²) in [4.78, 5) is 20.6. The molecule has 1 aliphatic rings. The highest BCUT2D eigenvalue weighted by molar-refractivity contribution is 7.89. The van der Waals surface area contributed by atoms with Crippen molar-refractivity contribution in [3.05, 3.63) is 89.5 Å². The molecule has 1 aromatic heterocycles. The van der Waals surface area contributed by atoms with Gasteiger partial charge in [-0.15, -0.1) is 0 Å². The van der Waals surface area contributed by atoms with E-state index in [4.69, 9.17) is 4.98 Å². The third kappa shape index (κ3) is 4.81. The number of anilines is 1. The van der Waals surface area contributed by atoms with Crippen molar-refractivity contribution in [2.75, 3.05) is 11.9 Å². The predicted molar refractivity (Wildman–Crippen MR) is 145 cm³/mol. The van der Waals surface area contributed by atoms with Crippen LogP contribution in [-0.2, 0) is 16.6 Å². The standard InChI is InChI=1S/C28H29N3O3S2/c1-19(2)24-10-7-11-25-26(24)29-28(35-25)31(18-20-8-5-4-6-9-20)27(32)21-12-16-23(17-13-21)36(33,34)30(3)22-14-15-22/h4-13,16-17,19,22H,14-15,18H2,1-3H3. The van der Waals surface area contributed by atoms with E-state index in [9.17, 15) is 13.2 Å². The molecule has 1 aliphatic carbocycles. The summed E-state index contributed by atoms with van der Waals surface area (Å²) in [5.41, 5.74) is 3.47. The van der Waals surface area contributed by atoms with Crippen LogP contribution >= 0.6 is 11.3 Å². The van der Waals surface area contributed by atoms with Gasteiger partial charge >= 0.3 is 0 Å². The molecule has 0 bridgehead atoms. The van der Waals surface area contributed by atoms with Gasteiger partial charge in [0, 0.05) is 18.7 Å². The molecule has 6 nitrogen and oxygen atoms in total. The molecular formula is C28H29N3O3S2. The Labute approximate surface area is 216 Å². The van der Waals surface area contributed by atoms with E-state index in [1.54, 1.807) is 24.1 Å². The van der Waals surface area contributed by atoms with Crippen LogP contribution < -0.4 is 4.90 Å². The summed E-state index contributed by atoms with van der Waals surface area (Å²) >= 11 is 1.49. The number of rotatable bonds is 8. The van der Waals surface area contributed by atoms with Gasteiger partial charge in [0.05, 0.1) is 21.7 Å². The van der Waals surface area contributed by atoms with Crippen molar-refractivity contribution in [3.8, 4) is 0 Å². The van der Waals surface area contributed by atoms with Crippen LogP contribution in [0.15, 0.2) is 77.7 Å². The maximum absolute atomic E-state index is 13.8. The molecule has 1 amide bonds. The van der Waals surface area contributed by atoms with E-state index >= 15 is 0 Å². The van der Waals surface area contributed by atoms with Gasteiger partial charge in [-0.05, 0) is 60.2 Å². The van der Waals surface area contributed by atoms with Crippen LogP contribution in [0.2, 0.25) is 0 Å². The molecule has 4 aromatic rings. The minimum absolute atomic E-state index is 0.0763. The molecule has 0 radical (unpaired) electrons. The van der Waals surface area contributed by atoms with Crippen LogP contribution in [0.4, 0.5) is 5.13 Å². The largest absolute Gasteiger partial charge is 0.279 e. The monoisotopic (exact) mass is 519 g/mol. The summed E-state index contributed by atoms with van der Waals surface area (Å²) in [6.07, 6.45) is 1.78. The Balaban J connectivity index is 1.51. The van der Waals surface area contributed by atoms with Crippen LogP contribution in [0.1, 0.15) is 54.1 Å². The summed E-state index contributed by atoms with van der Waals surface area (Å²) in [5.74, 6) is 0.0914. The molecule has 1 heterocycles. The first-order valence-corrected chi connectivity index (χ1v) is 14.3. The number of para-hydroxylation sites is 1. The lowest BCUT2D eigenvalue weighted by atomic mass is 10.0. The summed E-state index contributed by atoms with van der Waals surface area (Å²) < 4.78 is 28.3. The van der Waals surface area contributed by atoms with Gasteiger partial charge in [-0.3, -0.25) is 9.69 Å². The summed E-state index contributed by atoms with van der Waals surface area (Å²) in [5, 5.41) is 0.622. The number of hydrogen-bond acceptors (Lipinski definition) is 5. The van der Waals surface area contributed by atoms with Gasteiger partial charge in [-0.25, -0.2) is 13.4 Å². The van der Waals surface area contributed by atoms with Crippen molar-refractivity contribution in [2.45, 2.75) is 50.1 Å². The normalized spacial score (nSPS) is 14.0. The summed E-state index contributed by atoms with van der Waals surface area (Å²) in [7, 11) is -1.95. The van der Waals surface area contributed by atoms with Crippen molar-refractivity contribution in [1.29, 1.82) is 0 Å². The minimum atomic E-state index is -3.57. The number of carbonyl (C=O) groups is 1. The lowest BCUT2D eigenvalue weighted by molar-refractivity contribution is 0.0985. The fourth-order valence-electron chi connectivity index (χ4n) is 4.26. The molecule has 36 heavy (non-hydrogen) atoms. The summed E-state index contributed by atoms with van der Waals surface area (Å²) in [6, 6.07) is 22.3. The molecule has 1 saturated carbocycles. The van der Waals surface area contributed by atoms with Crippen molar-refractivity contribution >= 4 is 42.6 Å². The van der Waals surface area contributed by atoms with Gasteiger partial charge < -0.3 is 0 Å². The molecule has 3 aromatic carbocycles. The van der Waals surface area contributed by atoms with Crippen LogP contribution in [0.25, 0.3) is 10.2 Å². The molecule has 0 aliphatic heterocycles. The Hall–Kier alpha value is -3.07. The molecular weight excluding hydrogens is 490 g/mol. The summed E-state index contributed by atoms with van der Waals surface area (Å²) in [6.45, 7) is 4.63. The average molecular weight is 520 g/mol. The quantitative estimate of drug-likeness (QED) is 0.284. The van der Waals surface area contributed by atoms with Crippen molar-refractivity contribution in [3.63, 3.8) is 0 Å². The molecule has 5 rings (SSSR count). The van der Waals surface area contributed by atoms with Gasteiger partial charge in [0.2, 0.25) is 10.0 Å². The van der Waals surface area contributed by atoms with Gasteiger partial charge in [0.25, 0.3) is 5.91 Å². The lowest BCUT2D eigenvalue weighted by Crippen LogP contribution is -2.31. The van der Waals surface area contributed by atoms with Crippen molar-refractivity contribution in [2.24, 2.45) is 0 Å². The van der Waals surface area contributed by atoms with E-state index in [1.807, 2.05) is 42.5 Å². The Kier molecular flexibility index (Phi) is 6.68. The first-order chi connectivity index (χ1) is 17.3. The maximum Gasteiger partial charge on any atom is 0.260 e. The zero-order valence-corrected chi connectivity index (χ0v) is 22.2. The van der Waals surface area contributed by atoms with E-state index < -0.39 is 10.0 Å². The molecule has 0 saturated heterocycles.